The molecule has 0 aliphatic heterocycles. The van der Waals surface area contributed by atoms with Crippen LogP contribution in [0.2, 0.25) is 0 Å². The molecule has 1 aromatic heterocycles. The number of hydrogen-bond donors (Lipinski definition) is 1. The van der Waals surface area contributed by atoms with E-state index in [1.807, 2.05) is 77.4 Å². The number of nitrogens with zero attached hydrogens (tertiary/aromatic N) is 3. The predicted octanol–water partition coefficient (Wildman–Crippen LogP) is 4.94. The molecule has 1 amide bonds. The fourth-order valence-electron chi connectivity index (χ4n) is 3.43. The minimum absolute atomic E-state index is 0.0985. The molecule has 0 aliphatic rings. The molecule has 0 fully saturated rings. The van der Waals surface area contributed by atoms with Crippen molar-refractivity contribution in [3.8, 4) is 17.6 Å². The number of hydrogen-bond acceptors (Lipinski definition) is 5. The van der Waals surface area contributed by atoms with Crippen LogP contribution < -0.4 is 14.8 Å². The zero-order valence-corrected chi connectivity index (χ0v) is 18.1. The average Bonchev–Trinajstić information content (AvgIpc) is 3.18. The van der Waals surface area contributed by atoms with Crippen molar-refractivity contribution in [1.29, 1.82) is 5.26 Å². The number of carbonyl (C=O) groups excluding carboxylic acids is 1. The molecule has 3 aromatic carbocycles. The molecular weight excluding hydrogens is 416 g/mol. The highest BCUT2D eigenvalue weighted by Gasteiger charge is 2.14. The van der Waals surface area contributed by atoms with Crippen molar-refractivity contribution < 1.29 is 14.3 Å². The van der Waals surface area contributed by atoms with Crippen molar-refractivity contribution in [1.82, 2.24) is 9.55 Å². The van der Waals surface area contributed by atoms with Gasteiger partial charge in [-0.25, -0.2) is 4.98 Å². The van der Waals surface area contributed by atoms with Crippen molar-refractivity contribution in [3.05, 3.63) is 84.7 Å². The van der Waals surface area contributed by atoms with Crippen molar-refractivity contribution in [2.75, 3.05) is 11.9 Å². The van der Waals surface area contributed by atoms with Gasteiger partial charge < -0.3 is 19.4 Å². The number of imidazole rings is 1. The number of nitrogens with one attached hydrogen (secondary N) is 1. The molecule has 4 rings (SSSR count). The van der Waals surface area contributed by atoms with Gasteiger partial charge in [0.25, 0.3) is 0 Å². The molecule has 7 nitrogen and oxygen atoms in total. The molecule has 0 saturated carbocycles. The van der Waals surface area contributed by atoms with Gasteiger partial charge in [-0.2, -0.15) is 5.26 Å². The number of fused-ring (bicyclic) bond motifs is 1. The van der Waals surface area contributed by atoms with E-state index in [9.17, 15) is 4.79 Å². The zero-order chi connectivity index (χ0) is 22.9. The first-order valence-corrected chi connectivity index (χ1v) is 10.7. The van der Waals surface area contributed by atoms with Gasteiger partial charge >= 0.3 is 0 Å². The lowest BCUT2D eigenvalue weighted by atomic mass is 10.3. The third-order valence-corrected chi connectivity index (χ3v) is 4.97. The maximum Gasteiger partial charge on any atom is 0.244 e. The first-order valence-electron chi connectivity index (χ1n) is 10.7. The fourth-order valence-corrected chi connectivity index (χ4v) is 3.43. The van der Waals surface area contributed by atoms with E-state index in [0.717, 1.165) is 16.8 Å². The summed E-state index contributed by atoms with van der Waals surface area (Å²) in [4.78, 5) is 17.5. The molecule has 1 N–H and O–H groups in total. The van der Waals surface area contributed by atoms with E-state index in [2.05, 4.69) is 16.4 Å². The van der Waals surface area contributed by atoms with Crippen molar-refractivity contribution in [2.24, 2.45) is 0 Å². The predicted molar refractivity (Wildman–Crippen MR) is 126 cm³/mol. The van der Waals surface area contributed by atoms with E-state index >= 15 is 0 Å². The Labute approximate surface area is 192 Å². The topological polar surface area (TPSA) is 89.2 Å². The Hall–Kier alpha value is -4.31. The molecule has 4 aromatic rings. The van der Waals surface area contributed by atoms with Crippen molar-refractivity contribution in [3.63, 3.8) is 0 Å². The molecule has 0 unspecified atom stereocenters. The average molecular weight is 441 g/mol. The highest BCUT2D eigenvalue weighted by molar-refractivity contribution is 5.92. The lowest BCUT2D eigenvalue weighted by Gasteiger charge is -2.12. The first-order chi connectivity index (χ1) is 16.2. The smallest absolute Gasteiger partial charge is 0.244 e. The summed E-state index contributed by atoms with van der Waals surface area (Å²) in [6.45, 7) is 0.802. The lowest BCUT2D eigenvalue weighted by molar-refractivity contribution is -0.116. The number of ether oxygens (including phenoxy) is 2. The Bertz CT molecular complexity index is 1260. The Morgan fingerprint density at radius 2 is 1.76 bits per heavy atom. The van der Waals surface area contributed by atoms with Gasteiger partial charge in [-0.05, 0) is 42.8 Å². The van der Waals surface area contributed by atoms with Gasteiger partial charge in [-0.1, -0.05) is 36.4 Å². The van der Waals surface area contributed by atoms with Crippen LogP contribution in [0.1, 0.15) is 18.7 Å². The summed E-state index contributed by atoms with van der Waals surface area (Å²) in [6, 6.07) is 26.5. The standard InChI is InChI=1S/C26H24N4O3/c27-15-6-7-16-32-22-12-8-9-20(17-22)28-26(31)18-30-24-14-5-4-13-23(24)29-25(30)19-33-21-10-2-1-3-11-21/h1-5,8-14,17H,6-7,16,18-19H2,(H,28,31). The van der Waals surface area contributed by atoms with Gasteiger partial charge in [0.15, 0.2) is 0 Å². The van der Waals surface area contributed by atoms with Crippen LogP contribution in [0.5, 0.6) is 11.5 Å². The number of unbranched alkanes of at least 4 members (excludes halogenated alkanes) is 1. The Morgan fingerprint density at radius 1 is 0.970 bits per heavy atom. The van der Waals surface area contributed by atoms with E-state index in [1.165, 1.54) is 0 Å². The number of nitriles is 1. The molecule has 166 valence electrons. The van der Waals surface area contributed by atoms with E-state index < -0.39 is 0 Å². The molecule has 0 aliphatic carbocycles. The molecule has 0 bridgehead atoms. The summed E-state index contributed by atoms with van der Waals surface area (Å²) in [5.74, 6) is 1.88. The van der Waals surface area contributed by atoms with Gasteiger partial charge in [0.2, 0.25) is 5.91 Å². The normalized spacial score (nSPS) is 10.5. The number of carbonyl (C=O) groups is 1. The van der Waals surface area contributed by atoms with Crippen LogP contribution in [-0.4, -0.2) is 22.1 Å². The summed E-state index contributed by atoms with van der Waals surface area (Å²) in [5.41, 5.74) is 2.32. The SMILES string of the molecule is N#CCCCOc1cccc(NC(=O)Cn2c(COc3ccccc3)nc3ccccc32)c1. The van der Waals surface area contributed by atoms with Gasteiger partial charge in [0.05, 0.1) is 23.7 Å². The summed E-state index contributed by atoms with van der Waals surface area (Å²) in [6.07, 6.45) is 1.11. The zero-order valence-electron chi connectivity index (χ0n) is 18.1. The van der Waals surface area contributed by atoms with E-state index in [0.29, 0.717) is 36.7 Å². The lowest BCUT2D eigenvalue weighted by Crippen LogP contribution is -2.20. The minimum atomic E-state index is -0.180. The van der Waals surface area contributed by atoms with Gasteiger partial charge in [0.1, 0.15) is 30.5 Å². The van der Waals surface area contributed by atoms with Crippen LogP contribution in [0.15, 0.2) is 78.9 Å². The number of anilines is 1. The van der Waals surface area contributed by atoms with Gasteiger partial charge in [-0.15, -0.1) is 0 Å². The van der Waals surface area contributed by atoms with Crippen molar-refractivity contribution >= 4 is 22.6 Å². The number of para-hydroxylation sites is 3. The van der Waals surface area contributed by atoms with Crippen LogP contribution in [0.4, 0.5) is 5.69 Å². The quantitative estimate of drug-likeness (QED) is 0.353. The third-order valence-electron chi connectivity index (χ3n) is 4.97. The van der Waals surface area contributed by atoms with Crippen molar-refractivity contribution in [2.45, 2.75) is 26.0 Å². The van der Waals surface area contributed by atoms with E-state index in [4.69, 9.17) is 14.7 Å². The third kappa shape index (κ3) is 5.89. The molecule has 0 spiro atoms. The maximum atomic E-state index is 12.9. The second-order valence-corrected chi connectivity index (χ2v) is 7.39. The molecule has 0 radical (unpaired) electrons. The Kier molecular flexibility index (Phi) is 7.18. The number of aromatic nitrogens is 2. The molecular formula is C26H24N4O3. The highest BCUT2D eigenvalue weighted by Crippen LogP contribution is 2.20. The second-order valence-electron chi connectivity index (χ2n) is 7.39. The summed E-state index contributed by atoms with van der Waals surface area (Å²) < 4.78 is 13.4. The summed E-state index contributed by atoms with van der Waals surface area (Å²) >= 11 is 0. The van der Waals surface area contributed by atoms with Crippen LogP contribution in [0.25, 0.3) is 11.0 Å². The minimum Gasteiger partial charge on any atom is -0.493 e. The summed E-state index contributed by atoms with van der Waals surface area (Å²) in [7, 11) is 0. The monoisotopic (exact) mass is 440 g/mol. The first kappa shape index (κ1) is 21.9. The van der Waals surface area contributed by atoms with E-state index in [-0.39, 0.29) is 19.1 Å². The van der Waals surface area contributed by atoms with Gasteiger partial charge in [0, 0.05) is 18.2 Å². The fraction of sp³-hybridized carbons (Fsp3) is 0.192. The van der Waals surface area contributed by atoms with Gasteiger partial charge in [-0.3, -0.25) is 4.79 Å². The van der Waals surface area contributed by atoms with Crippen LogP contribution >= 0.6 is 0 Å². The molecule has 1 heterocycles. The molecule has 0 atom stereocenters. The van der Waals surface area contributed by atoms with Crippen LogP contribution in [0, 0.1) is 11.3 Å². The largest absolute Gasteiger partial charge is 0.493 e. The molecule has 33 heavy (non-hydrogen) atoms. The van der Waals surface area contributed by atoms with E-state index in [1.54, 1.807) is 6.07 Å². The van der Waals surface area contributed by atoms with Crippen LogP contribution in [0.3, 0.4) is 0 Å². The molecule has 0 saturated heterocycles. The summed E-state index contributed by atoms with van der Waals surface area (Å²) in [5, 5.41) is 11.5. The number of benzene rings is 3. The number of rotatable bonds is 10. The van der Waals surface area contributed by atoms with Crippen LogP contribution in [-0.2, 0) is 17.9 Å². The highest BCUT2D eigenvalue weighted by atomic mass is 16.5. The Morgan fingerprint density at radius 3 is 2.61 bits per heavy atom. The Balaban J connectivity index is 1.45. The second kappa shape index (κ2) is 10.8. The maximum absolute atomic E-state index is 12.9. The molecule has 7 heteroatoms. The number of amides is 1.